The fourth-order valence-electron chi connectivity index (χ4n) is 4.62. The van der Waals surface area contributed by atoms with Crippen molar-refractivity contribution < 1.29 is 0 Å². The second kappa shape index (κ2) is 7.76. The SMILES string of the molecule is N=C(N)N1CCC(n2c(=O)n(CCCN3CCCC3)c3ccccc32)CC1. The molecule has 27 heavy (non-hydrogen) atoms. The number of fused-ring (bicyclic) bond motifs is 1. The predicted octanol–water partition coefficient (Wildman–Crippen LogP) is 1.82. The summed E-state index contributed by atoms with van der Waals surface area (Å²) in [4.78, 5) is 17.6. The Morgan fingerprint density at radius 1 is 1.04 bits per heavy atom. The van der Waals surface area contributed by atoms with Crippen LogP contribution in [0.25, 0.3) is 11.0 Å². The van der Waals surface area contributed by atoms with E-state index >= 15 is 0 Å². The summed E-state index contributed by atoms with van der Waals surface area (Å²) in [6.07, 6.45) is 5.32. The van der Waals surface area contributed by atoms with E-state index in [4.69, 9.17) is 11.1 Å². The average molecular weight is 371 g/mol. The highest BCUT2D eigenvalue weighted by molar-refractivity contribution is 5.76. The first kappa shape index (κ1) is 18.1. The van der Waals surface area contributed by atoms with Gasteiger partial charge in [0.15, 0.2) is 5.96 Å². The van der Waals surface area contributed by atoms with Crippen LogP contribution in [0.5, 0.6) is 0 Å². The number of aryl methyl sites for hydroxylation is 1. The molecule has 0 atom stereocenters. The molecule has 0 spiro atoms. The van der Waals surface area contributed by atoms with Gasteiger partial charge in [0.05, 0.1) is 11.0 Å². The molecular formula is C20H30N6O. The third-order valence-corrected chi connectivity index (χ3v) is 6.09. The molecule has 7 heteroatoms. The van der Waals surface area contributed by atoms with Gasteiger partial charge in [-0.3, -0.25) is 14.5 Å². The molecule has 0 aliphatic carbocycles. The van der Waals surface area contributed by atoms with E-state index in [1.54, 1.807) is 0 Å². The number of guanidine groups is 1. The number of nitrogens with two attached hydrogens (primary N) is 1. The van der Waals surface area contributed by atoms with E-state index in [1.165, 1.54) is 25.9 Å². The summed E-state index contributed by atoms with van der Waals surface area (Å²) in [7, 11) is 0. The van der Waals surface area contributed by atoms with Gasteiger partial charge in [-0.25, -0.2) is 4.79 Å². The number of piperidine rings is 1. The van der Waals surface area contributed by atoms with Crippen LogP contribution >= 0.6 is 0 Å². The Bertz CT molecular complexity index is 855. The van der Waals surface area contributed by atoms with Crippen LogP contribution < -0.4 is 11.4 Å². The lowest BCUT2D eigenvalue weighted by Gasteiger charge is -2.32. The van der Waals surface area contributed by atoms with Crippen LogP contribution in [0.4, 0.5) is 0 Å². The third-order valence-electron chi connectivity index (χ3n) is 6.09. The maximum atomic E-state index is 13.3. The fraction of sp³-hybridized carbons (Fsp3) is 0.600. The largest absolute Gasteiger partial charge is 0.370 e. The first-order chi connectivity index (χ1) is 13.1. The summed E-state index contributed by atoms with van der Waals surface area (Å²) in [6, 6.07) is 8.33. The Morgan fingerprint density at radius 2 is 1.70 bits per heavy atom. The Kier molecular flexibility index (Phi) is 5.20. The highest BCUT2D eigenvalue weighted by Crippen LogP contribution is 2.25. The van der Waals surface area contributed by atoms with Crippen LogP contribution in [0.15, 0.2) is 29.1 Å². The molecule has 2 aliphatic rings. The number of likely N-dealkylation sites (tertiary alicyclic amines) is 2. The fourth-order valence-corrected chi connectivity index (χ4v) is 4.62. The van der Waals surface area contributed by atoms with Crippen LogP contribution in [0.2, 0.25) is 0 Å². The van der Waals surface area contributed by atoms with Gasteiger partial charge >= 0.3 is 5.69 Å². The number of imidazole rings is 1. The van der Waals surface area contributed by atoms with Crippen molar-refractivity contribution in [1.29, 1.82) is 5.41 Å². The van der Waals surface area contributed by atoms with E-state index in [2.05, 4.69) is 17.0 Å². The van der Waals surface area contributed by atoms with Crippen molar-refractivity contribution in [3.8, 4) is 0 Å². The zero-order chi connectivity index (χ0) is 18.8. The standard InChI is InChI=1S/C20H30N6O/c21-19(22)24-14-8-16(9-15-24)26-18-7-2-1-6-17(18)25(20(26)27)13-5-12-23-10-3-4-11-23/h1-2,6-7,16H,3-5,8-15H2,(H3,21,22). The molecule has 2 aromatic rings. The minimum atomic E-state index is 0.110. The lowest BCUT2D eigenvalue weighted by atomic mass is 10.0. The molecule has 2 aliphatic heterocycles. The van der Waals surface area contributed by atoms with E-state index < -0.39 is 0 Å². The molecule has 146 valence electrons. The maximum absolute atomic E-state index is 13.3. The zero-order valence-electron chi connectivity index (χ0n) is 15.9. The molecule has 1 aromatic carbocycles. The Labute approximate surface area is 159 Å². The molecule has 0 saturated carbocycles. The van der Waals surface area contributed by atoms with E-state index in [1.807, 2.05) is 26.2 Å². The van der Waals surface area contributed by atoms with Gasteiger partial charge in [-0.2, -0.15) is 0 Å². The van der Waals surface area contributed by atoms with E-state index in [-0.39, 0.29) is 17.7 Å². The van der Waals surface area contributed by atoms with Crippen LogP contribution in [-0.2, 0) is 6.54 Å². The van der Waals surface area contributed by atoms with Crippen molar-refractivity contribution in [3.05, 3.63) is 34.7 Å². The lowest BCUT2D eigenvalue weighted by Crippen LogP contribution is -2.43. The van der Waals surface area contributed by atoms with Crippen molar-refractivity contribution in [2.24, 2.45) is 5.73 Å². The molecule has 3 N–H and O–H groups in total. The molecule has 0 bridgehead atoms. The van der Waals surface area contributed by atoms with Crippen molar-refractivity contribution in [1.82, 2.24) is 18.9 Å². The van der Waals surface area contributed by atoms with Gasteiger partial charge < -0.3 is 15.5 Å². The van der Waals surface area contributed by atoms with Crippen LogP contribution in [-0.4, -0.2) is 57.6 Å². The summed E-state index contributed by atoms with van der Waals surface area (Å²) >= 11 is 0. The van der Waals surface area contributed by atoms with Crippen LogP contribution in [0.3, 0.4) is 0 Å². The Hall–Kier alpha value is -2.28. The quantitative estimate of drug-likeness (QED) is 0.621. The molecule has 4 rings (SSSR count). The van der Waals surface area contributed by atoms with E-state index in [0.717, 1.165) is 56.5 Å². The first-order valence-corrected chi connectivity index (χ1v) is 10.2. The Balaban J connectivity index is 1.55. The molecule has 0 amide bonds. The average Bonchev–Trinajstić information content (AvgIpc) is 3.29. The second-order valence-electron chi connectivity index (χ2n) is 7.80. The number of hydrogen-bond acceptors (Lipinski definition) is 3. The summed E-state index contributed by atoms with van der Waals surface area (Å²) < 4.78 is 3.95. The number of aromatic nitrogens is 2. The van der Waals surface area contributed by atoms with Crippen LogP contribution in [0, 0.1) is 5.41 Å². The van der Waals surface area contributed by atoms with E-state index in [0.29, 0.717) is 0 Å². The van der Waals surface area contributed by atoms with Gasteiger partial charge in [-0.05, 0) is 63.9 Å². The molecule has 2 saturated heterocycles. The highest BCUT2D eigenvalue weighted by atomic mass is 16.1. The summed E-state index contributed by atoms with van der Waals surface area (Å²) in [5.41, 5.74) is 7.80. The van der Waals surface area contributed by atoms with Gasteiger partial charge in [0.25, 0.3) is 0 Å². The number of nitrogens with zero attached hydrogens (tertiary/aromatic N) is 4. The second-order valence-corrected chi connectivity index (χ2v) is 7.80. The van der Waals surface area contributed by atoms with E-state index in [9.17, 15) is 4.79 Å². The van der Waals surface area contributed by atoms with Gasteiger partial charge in [-0.15, -0.1) is 0 Å². The zero-order valence-corrected chi connectivity index (χ0v) is 15.9. The monoisotopic (exact) mass is 370 g/mol. The van der Waals surface area contributed by atoms with Gasteiger partial charge in [-0.1, -0.05) is 12.1 Å². The van der Waals surface area contributed by atoms with Crippen LogP contribution in [0.1, 0.15) is 38.1 Å². The smallest absolute Gasteiger partial charge is 0.329 e. The molecule has 3 heterocycles. The minimum Gasteiger partial charge on any atom is -0.370 e. The normalized spacial score (nSPS) is 19.2. The Morgan fingerprint density at radius 3 is 2.37 bits per heavy atom. The molecule has 0 unspecified atom stereocenters. The summed E-state index contributed by atoms with van der Waals surface area (Å²) in [5, 5.41) is 7.61. The third kappa shape index (κ3) is 3.60. The minimum absolute atomic E-state index is 0.110. The highest BCUT2D eigenvalue weighted by Gasteiger charge is 2.25. The molecule has 1 aromatic heterocycles. The summed E-state index contributed by atoms with van der Waals surface area (Å²) in [6.45, 7) is 5.72. The van der Waals surface area contributed by atoms with Crippen molar-refractivity contribution in [3.63, 3.8) is 0 Å². The number of hydrogen-bond donors (Lipinski definition) is 2. The van der Waals surface area contributed by atoms with Gasteiger partial charge in [0.1, 0.15) is 0 Å². The molecular weight excluding hydrogens is 340 g/mol. The maximum Gasteiger partial charge on any atom is 0.329 e. The van der Waals surface area contributed by atoms with Crippen molar-refractivity contribution in [2.75, 3.05) is 32.7 Å². The number of benzene rings is 1. The first-order valence-electron chi connectivity index (χ1n) is 10.2. The molecule has 2 fully saturated rings. The number of rotatable bonds is 5. The van der Waals surface area contributed by atoms with Crippen molar-refractivity contribution >= 4 is 17.0 Å². The lowest BCUT2D eigenvalue weighted by molar-refractivity contribution is 0.262. The molecule has 0 radical (unpaired) electrons. The molecule has 7 nitrogen and oxygen atoms in total. The number of para-hydroxylation sites is 2. The topological polar surface area (TPSA) is 83.3 Å². The van der Waals surface area contributed by atoms with Gasteiger partial charge in [0, 0.05) is 25.7 Å². The van der Waals surface area contributed by atoms with Gasteiger partial charge in [0.2, 0.25) is 0 Å². The number of nitrogens with one attached hydrogen (secondary N) is 1. The van der Waals surface area contributed by atoms with Crippen molar-refractivity contribution in [2.45, 2.75) is 44.7 Å². The summed E-state index contributed by atoms with van der Waals surface area (Å²) in [5.74, 6) is 0.130. The predicted molar refractivity (Wildman–Crippen MR) is 108 cm³/mol.